The molecule has 14 heavy (non-hydrogen) atoms. The molecule has 0 spiro atoms. The van der Waals surface area contributed by atoms with Crippen molar-refractivity contribution in [1.29, 1.82) is 0 Å². The van der Waals surface area contributed by atoms with Gasteiger partial charge in [-0.15, -0.1) is 0 Å². The molecule has 0 aliphatic carbocycles. The second kappa shape index (κ2) is 5.40. The van der Waals surface area contributed by atoms with Crippen LogP contribution in [0.1, 0.15) is 12.5 Å². The van der Waals surface area contributed by atoms with Gasteiger partial charge >= 0.3 is 0 Å². The molecule has 0 unspecified atom stereocenters. The number of hydrogen-bond donors (Lipinski definition) is 2. The lowest BCUT2D eigenvalue weighted by Crippen LogP contribution is -2.38. The van der Waals surface area contributed by atoms with Crippen LogP contribution in [0.25, 0.3) is 0 Å². The van der Waals surface area contributed by atoms with Crippen molar-refractivity contribution in [3.63, 3.8) is 0 Å². The first-order valence-corrected chi connectivity index (χ1v) is 4.75. The van der Waals surface area contributed by atoms with E-state index in [1.165, 1.54) is 0 Å². The Labute approximate surface area is 84.3 Å². The summed E-state index contributed by atoms with van der Waals surface area (Å²) in [6, 6.07) is 9.71. The van der Waals surface area contributed by atoms with E-state index < -0.39 is 0 Å². The first kappa shape index (κ1) is 10.7. The number of hydrogen-bond acceptors (Lipinski definition) is 2. The molecule has 0 aliphatic rings. The Morgan fingerprint density at radius 3 is 2.64 bits per heavy atom. The largest absolute Gasteiger partial charge is 0.352 e. The van der Waals surface area contributed by atoms with Crippen molar-refractivity contribution >= 4 is 5.91 Å². The number of carbonyl (C=O) groups excluding carboxylic acids is 1. The molecule has 1 rings (SSSR count). The highest BCUT2D eigenvalue weighted by atomic mass is 16.1. The van der Waals surface area contributed by atoms with Gasteiger partial charge < -0.3 is 11.1 Å². The van der Waals surface area contributed by atoms with Gasteiger partial charge in [-0.25, -0.2) is 0 Å². The number of rotatable bonds is 4. The van der Waals surface area contributed by atoms with Crippen molar-refractivity contribution in [3.05, 3.63) is 35.9 Å². The van der Waals surface area contributed by atoms with Gasteiger partial charge in [-0.05, 0) is 12.5 Å². The van der Waals surface area contributed by atoms with E-state index in [9.17, 15) is 4.79 Å². The van der Waals surface area contributed by atoms with Gasteiger partial charge in [0.1, 0.15) is 0 Å². The molecule has 3 heteroatoms. The topological polar surface area (TPSA) is 55.1 Å². The molecule has 1 atom stereocenters. The van der Waals surface area contributed by atoms with E-state index in [2.05, 4.69) is 5.32 Å². The minimum Gasteiger partial charge on any atom is -0.352 e. The predicted octanol–water partition coefficient (Wildman–Crippen LogP) is 0.693. The molecule has 0 saturated heterocycles. The maximum atomic E-state index is 11.4. The average molecular weight is 192 g/mol. The molecule has 0 bridgehead atoms. The van der Waals surface area contributed by atoms with Crippen molar-refractivity contribution in [3.8, 4) is 0 Å². The fourth-order valence-corrected chi connectivity index (χ4v) is 1.17. The lowest BCUT2D eigenvalue weighted by Gasteiger charge is -2.10. The Hall–Kier alpha value is -1.35. The van der Waals surface area contributed by atoms with Crippen LogP contribution in [0.15, 0.2) is 30.3 Å². The molecule has 0 radical (unpaired) electrons. The zero-order chi connectivity index (χ0) is 10.4. The van der Waals surface area contributed by atoms with Gasteiger partial charge in [-0.2, -0.15) is 0 Å². The van der Waals surface area contributed by atoms with Gasteiger partial charge in [0.25, 0.3) is 0 Å². The van der Waals surface area contributed by atoms with E-state index in [0.717, 1.165) is 5.56 Å². The first-order valence-electron chi connectivity index (χ1n) is 4.75. The van der Waals surface area contributed by atoms with Gasteiger partial charge in [-0.1, -0.05) is 30.3 Å². The van der Waals surface area contributed by atoms with Crippen molar-refractivity contribution in [2.24, 2.45) is 5.73 Å². The van der Waals surface area contributed by atoms with Gasteiger partial charge in [0.15, 0.2) is 0 Å². The van der Waals surface area contributed by atoms with E-state index in [-0.39, 0.29) is 11.9 Å². The van der Waals surface area contributed by atoms with E-state index in [4.69, 9.17) is 5.73 Å². The normalized spacial score (nSPS) is 12.1. The Morgan fingerprint density at radius 1 is 1.43 bits per heavy atom. The van der Waals surface area contributed by atoms with Gasteiger partial charge in [0.05, 0.1) is 6.42 Å². The molecule has 1 aromatic rings. The molecule has 1 amide bonds. The van der Waals surface area contributed by atoms with Crippen LogP contribution in [-0.4, -0.2) is 18.5 Å². The average Bonchev–Trinajstić information content (AvgIpc) is 2.19. The molecule has 0 saturated carbocycles. The lowest BCUT2D eigenvalue weighted by molar-refractivity contribution is -0.120. The zero-order valence-electron chi connectivity index (χ0n) is 8.36. The van der Waals surface area contributed by atoms with Crippen molar-refractivity contribution in [2.45, 2.75) is 19.4 Å². The summed E-state index contributed by atoms with van der Waals surface area (Å²) in [5.74, 6) is 0.0224. The fraction of sp³-hybridized carbons (Fsp3) is 0.364. The molecular formula is C11H16N2O. The smallest absolute Gasteiger partial charge is 0.224 e. The number of benzene rings is 1. The van der Waals surface area contributed by atoms with Crippen molar-refractivity contribution in [2.75, 3.05) is 6.54 Å². The molecule has 3 N–H and O–H groups in total. The molecule has 3 nitrogen and oxygen atoms in total. The third kappa shape index (κ3) is 3.58. The Bertz CT molecular complexity index is 285. The number of amides is 1. The predicted molar refractivity (Wildman–Crippen MR) is 56.8 cm³/mol. The molecule has 0 heterocycles. The van der Waals surface area contributed by atoms with Crippen molar-refractivity contribution < 1.29 is 4.79 Å². The summed E-state index contributed by atoms with van der Waals surface area (Å²) in [6.07, 6.45) is 0.422. The third-order valence-electron chi connectivity index (χ3n) is 1.97. The summed E-state index contributed by atoms with van der Waals surface area (Å²) in [6.45, 7) is 2.36. The van der Waals surface area contributed by atoms with Gasteiger partial charge in [-0.3, -0.25) is 4.79 Å². The Balaban J connectivity index is 2.42. The molecule has 0 aliphatic heterocycles. The molecule has 0 fully saturated rings. The van der Waals surface area contributed by atoms with Gasteiger partial charge in [0.2, 0.25) is 5.91 Å². The van der Waals surface area contributed by atoms with Crippen molar-refractivity contribution in [1.82, 2.24) is 5.32 Å². The zero-order valence-corrected chi connectivity index (χ0v) is 8.36. The summed E-state index contributed by atoms with van der Waals surface area (Å²) < 4.78 is 0. The van der Waals surface area contributed by atoms with Crippen LogP contribution in [0.2, 0.25) is 0 Å². The Kier molecular flexibility index (Phi) is 4.13. The Morgan fingerprint density at radius 2 is 2.07 bits per heavy atom. The van der Waals surface area contributed by atoms with E-state index in [1.54, 1.807) is 0 Å². The van der Waals surface area contributed by atoms with Gasteiger partial charge in [0, 0.05) is 12.6 Å². The van der Waals surface area contributed by atoms with E-state index >= 15 is 0 Å². The van der Waals surface area contributed by atoms with Crippen LogP contribution in [0.4, 0.5) is 0 Å². The highest BCUT2D eigenvalue weighted by molar-refractivity contribution is 5.78. The quantitative estimate of drug-likeness (QED) is 0.737. The summed E-state index contributed by atoms with van der Waals surface area (Å²) in [5, 5.41) is 2.81. The van der Waals surface area contributed by atoms with Crippen LogP contribution < -0.4 is 11.1 Å². The summed E-state index contributed by atoms with van der Waals surface area (Å²) in [4.78, 5) is 11.4. The van der Waals surface area contributed by atoms with Crippen LogP contribution in [-0.2, 0) is 11.2 Å². The molecule has 0 aromatic heterocycles. The maximum absolute atomic E-state index is 11.4. The number of nitrogens with one attached hydrogen (secondary N) is 1. The lowest BCUT2D eigenvalue weighted by atomic mass is 10.1. The SMILES string of the molecule is C[C@H](CN)NC(=O)Cc1ccccc1. The minimum atomic E-state index is 0.0224. The third-order valence-corrected chi connectivity index (χ3v) is 1.97. The van der Waals surface area contributed by atoms with Crippen LogP contribution in [0.5, 0.6) is 0 Å². The second-order valence-corrected chi connectivity index (χ2v) is 3.37. The number of nitrogens with two attached hydrogens (primary N) is 1. The van der Waals surface area contributed by atoms with Crippen LogP contribution >= 0.6 is 0 Å². The van der Waals surface area contributed by atoms with Crippen LogP contribution in [0, 0.1) is 0 Å². The minimum absolute atomic E-state index is 0.0224. The van der Waals surface area contributed by atoms with Crippen LogP contribution in [0.3, 0.4) is 0 Å². The standard InChI is InChI=1S/C11H16N2O/c1-9(8-12)13-11(14)7-10-5-3-2-4-6-10/h2-6,9H,7-8,12H2,1H3,(H,13,14)/t9-/m1/s1. The molecular weight excluding hydrogens is 176 g/mol. The molecule has 1 aromatic carbocycles. The highest BCUT2D eigenvalue weighted by Crippen LogP contribution is 1.99. The summed E-state index contributed by atoms with van der Waals surface area (Å²) >= 11 is 0. The number of carbonyl (C=O) groups is 1. The van der Waals surface area contributed by atoms with E-state index in [1.807, 2.05) is 37.3 Å². The van der Waals surface area contributed by atoms with E-state index in [0.29, 0.717) is 13.0 Å². The first-order chi connectivity index (χ1) is 6.72. The summed E-state index contributed by atoms with van der Waals surface area (Å²) in [5.41, 5.74) is 6.42. The molecule has 76 valence electrons. The second-order valence-electron chi connectivity index (χ2n) is 3.37. The summed E-state index contributed by atoms with van der Waals surface area (Å²) in [7, 11) is 0. The fourth-order valence-electron chi connectivity index (χ4n) is 1.17. The monoisotopic (exact) mass is 192 g/mol. The maximum Gasteiger partial charge on any atom is 0.224 e. The highest BCUT2D eigenvalue weighted by Gasteiger charge is 2.05.